The van der Waals surface area contributed by atoms with Crippen LogP contribution in [0, 0.1) is 6.92 Å². The third-order valence-corrected chi connectivity index (χ3v) is 5.90. The molecule has 36 heavy (non-hydrogen) atoms. The summed E-state index contributed by atoms with van der Waals surface area (Å²) in [7, 11) is 1.81. The Morgan fingerprint density at radius 1 is 1.14 bits per heavy atom. The zero-order valence-electron chi connectivity index (χ0n) is 21.1. The summed E-state index contributed by atoms with van der Waals surface area (Å²) in [5.41, 5.74) is 14.2. The molecule has 0 saturated carbocycles. The fourth-order valence-electron chi connectivity index (χ4n) is 3.93. The molecular weight excluding hydrogens is 456 g/mol. The molecule has 8 nitrogen and oxygen atoms in total. The SMILES string of the molecule is CC(=O)O.Cc1c2ccc(c1N)NCCCOCc1ccc(cc1)C(=O)N(C)Cc1cc(ccn1)C2. The molecule has 3 aromatic rings. The molecule has 4 N–H and O–H groups in total. The fourth-order valence-corrected chi connectivity index (χ4v) is 3.93. The second-order valence-electron chi connectivity index (χ2n) is 8.85. The van der Waals surface area contributed by atoms with Crippen LogP contribution < -0.4 is 11.1 Å². The molecule has 0 aliphatic carbocycles. The van der Waals surface area contributed by atoms with Crippen LogP contribution in [0.2, 0.25) is 0 Å². The Morgan fingerprint density at radius 3 is 2.58 bits per heavy atom. The molecule has 4 aliphatic rings. The number of hydrogen-bond donors (Lipinski definition) is 3. The molecule has 6 bridgehead atoms. The number of hydrogen-bond acceptors (Lipinski definition) is 6. The molecule has 0 radical (unpaired) electrons. The third kappa shape index (κ3) is 7.55. The van der Waals surface area contributed by atoms with Gasteiger partial charge in [-0.2, -0.15) is 0 Å². The zero-order valence-corrected chi connectivity index (χ0v) is 21.1. The second-order valence-corrected chi connectivity index (χ2v) is 8.85. The van der Waals surface area contributed by atoms with E-state index in [-0.39, 0.29) is 5.91 Å². The van der Waals surface area contributed by atoms with Crippen molar-refractivity contribution in [2.24, 2.45) is 0 Å². The van der Waals surface area contributed by atoms with E-state index in [9.17, 15) is 4.79 Å². The number of anilines is 2. The maximum absolute atomic E-state index is 12.9. The number of carbonyl (C=O) groups excluding carboxylic acids is 1. The highest BCUT2D eigenvalue weighted by Gasteiger charge is 2.14. The van der Waals surface area contributed by atoms with Gasteiger partial charge in [0.2, 0.25) is 0 Å². The third-order valence-electron chi connectivity index (χ3n) is 5.90. The van der Waals surface area contributed by atoms with E-state index in [1.54, 1.807) is 11.9 Å². The summed E-state index contributed by atoms with van der Waals surface area (Å²) >= 11 is 0. The van der Waals surface area contributed by atoms with E-state index >= 15 is 0 Å². The number of nitrogen functional groups attached to an aromatic ring is 1. The molecule has 1 amide bonds. The molecule has 2 aromatic carbocycles. The van der Waals surface area contributed by atoms with Gasteiger partial charge < -0.3 is 25.8 Å². The topological polar surface area (TPSA) is 118 Å². The van der Waals surface area contributed by atoms with Gasteiger partial charge in [-0.3, -0.25) is 14.6 Å². The summed E-state index contributed by atoms with van der Waals surface area (Å²) in [5, 5.41) is 10.8. The smallest absolute Gasteiger partial charge is 0.300 e. The van der Waals surface area contributed by atoms with Gasteiger partial charge in [0, 0.05) is 38.9 Å². The lowest BCUT2D eigenvalue weighted by Crippen LogP contribution is -2.26. The summed E-state index contributed by atoms with van der Waals surface area (Å²) in [6.45, 7) is 5.55. The van der Waals surface area contributed by atoms with E-state index in [1.165, 1.54) is 5.56 Å². The number of rotatable bonds is 0. The van der Waals surface area contributed by atoms with Gasteiger partial charge in [0.1, 0.15) is 0 Å². The first kappa shape index (κ1) is 26.7. The quantitative estimate of drug-likeness (QED) is 0.403. The number of carboxylic acid groups (broad SMARTS) is 1. The highest BCUT2D eigenvalue weighted by molar-refractivity contribution is 5.94. The number of amides is 1. The molecule has 1 aromatic heterocycles. The van der Waals surface area contributed by atoms with Crippen molar-refractivity contribution in [3.63, 3.8) is 0 Å². The van der Waals surface area contributed by atoms with Crippen molar-refractivity contribution in [3.8, 4) is 0 Å². The number of nitrogens with two attached hydrogens (primary N) is 1. The Labute approximate surface area is 212 Å². The average molecular weight is 491 g/mol. The number of ether oxygens (including phenoxy) is 1. The summed E-state index contributed by atoms with van der Waals surface area (Å²) in [6, 6.07) is 15.9. The van der Waals surface area contributed by atoms with Crippen molar-refractivity contribution >= 4 is 23.3 Å². The number of benzene rings is 2. The number of carboxylic acids is 1. The Balaban J connectivity index is 0.000000840. The minimum atomic E-state index is -0.833. The van der Waals surface area contributed by atoms with E-state index in [0.29, 0.717) is 25.3 Å². The maximum Gasteiger partial charge on any atom is 0.300 e. The Bertz CT molecular complexity index is 1190. The molecule has 5 heterocycles. The zero-order chi connectivity index (χ0) is 26.1. The minimum absolute atomic E-state index is 0.0270. The van der Waals surface area contributed by atoms with Crippen LogP contribution in [0.15, 0.2) is 54.7 Å². The van der Waals surface area contributed by atoms with Crippen molar-refractivity contribution in [3.05, 3.63) is 88.2 Å². The minimum Gasteiger partial charge on any atom is -0.481 e. The average Bonchev–Trinajstić information content (AvgIpc) is 2.84. The van der Waals surface area contributed by atoms with E-state index < -0.39 is 5.97 Å². The summed E-state index contributed by atoms with van der Waals surface area (Å²) in [4.78, 5) is 28.0. The first-order valence-corrected chi connectivity index (χ1v) is 11.9. The van der Waals surface area contributed by atoms with Gasteiger partial charge in [0.25, 0.3) is 11.9 Å². The molecule has 0 unspecified atom stereocenters. The molecule has 0 atom stereocenters. The highest BCUT2D eigenvalue weighted by atomic mass is 16.5. The van der Waals surface area contributed by atoms with Crippen LogP contribution in [0.1, 0.15) is 51.7 Å². The lowest BCUT2D eigenvalue weighted by Gasteiger charge is -2.18. The van der Waals surface area contributed by atoms with E-state index in [1.807, 2.05) is 36.5 Å². The molecule has 8 heteroatoms. The van der Waals surface area contributed by atoms with Gasteiger partial charge >= 0.3 is 0 Å². The van der Waals surface area contributed by atoms with Crippen LogP contribution >= 0.6 is 0 Å². The van der Waals surface area contributed by atoms with Crippen LogP contribution in [0.4, 0.5) is 11.4 Å². The number of aliphatic carboxylic acids is 1. The van der Waals surface area contributed by atoms with Crippen LogP contribution in [-0.4, -0.2) is 47.1 Å². The predicted octanol–water partition coefficient (Wildman–Crippen LogP) is 4.26. The number of aromatic nitrogens is 1. The number of nitrogens with zero attached hydrogens (tertiary/aromatic N) is 2. The van der Waals surface area contributed by atoms with Gasteiger partial charge in [-0.05, 0) is 72.4 Å². The monoisotopic (exact) mass is 490 g/mol. The standard InChI is InChI=1S/C26H30N4O2.C2H4O2/c1-18-22-8-9-24(25(18)27)29-11-3-13-32-17-19-4-6-21(7-5-19)26(31)30(2)16-23-15-20(14-22)10-12-28-23;1-2(3)4/h4-10,12,15,29H,3,11,13-14,16-17,27H2,1-2H3;1H3,(H,3,4). The first-order valence-electron chi connectivity index (χ1n) is 11.9. The van der Waals surface area contributed by atoms with Gasteiger partial charge in [-0.25, -0.2) is 0 Å². The maximum atomic E-state index is 12.9. The van der Waals surface area contributed by atoms with Gasteiger partial charge in [0.15, 0.2) is 0 Å². The molecule has 7 rings (SSSR count). The molecule has 0 fully saturated rings. The number of carbonyl (C=O) groups is 2. The van der Waals surface area contributed by atoms with Crippen molar-refractivity contribution in [1.82, 2.24) is 9.88 Å². The fraction of sp³-hybridized carbons (Fsp3) is 0.321. The normalized spacial score (nSPS) is 14.3. The van der Waals surface area contributed by atoms with Crippen molar-refractivity contribution in [2.45, 2.75) is 39.8 Å². The van der Waals surface area contributed by atoms with Crippen LogP contribution in [-0.2, 0) is 29.1 Å². The van der Waals surface area contributed by atoms with Crippen LogP contribution in [0.3, 0.4) is 0 Å². The number of pyridine rings is 1. The van der Waals surface area contributed by atoms with Crippen LogP contribution in [0.5, 0.6) is 0 Å². The predicted molar refractivity (Wildman–Crippen MR) is 141 cm³/mol. The summed E-state index contributed by atoms with van der Waals surface area (Å²) in [6.07, 6.45) is 3.45. The van der Waals surface area contributed by atoms with Gasteiger partial charge in [-0.15, -0.1) is 0 Å². The Hall–Kier alpha value is -3.91. The van der Waals surface area contributed by atoms with Crippen molar-refractivity contribution < 1.29 is 19.4 Å². The van der Waals surface area contributed by atoms with Crippen LogP contribution in [0.25, 0.3) is 0 Å². The lowest BCUT2D eigenvalue weighted by atomic mass is 9.98. The summed E-state index contributed by atoms with van der Waals surface area (Å²) in [5.74, 6) is -0.860. The van der Waals surface area contributed by atoms with E-state index in [2.05, 4.69) is 35.4 Å². The Morgan fingerprint density at radius 2 is 1.86 bits per heavy atom. The molecule has 190 valence electrons. The van der Waals surface area contributed by atoms with E-state index in [0.717, 1.165) is 60.1 Å². The van der Waals surface area contributed by atoms with E-state index in [4.69, 9.17) is 20.4 Å². The number of nitrogens with one attached hydrogen (secondary N) is 1. The van der Waals surface area contributed by atoms with Crippen molar-refractivity contribution in [2.75, 3.05) is 31.2 Å². The van der Waals surface area contributed by atoms with Gasteiger partial charge in [0.05, 0.1) is 30.2 Å². The molecular formula is C28H34N4O4. The van der Waals surface area contributed by atoms with Crippen molar-refractivity contribution in [1.29, 1.82) is 0 Å². The second kappa shape index (κ2) is 12.7. The largest absolute Gasteiger partial charge is 0.481 e. The first-order chi connectivity index (χ1) is 17.2. The Kier molecular flexibility index (Phi) is 9.41. The molecule has 0 spiro atoms. The summed E-state index contributed by atoms with van der Waals surface area (Å²) < 4.78 is 5.79. The highest BCUT2D eigenvalue weighted by Crippen LogP contribution is 2.27. The van der Waals surface area contributed by atoms with Gasteiger partial charge in [-0.1, -0.05) is 18.2 Å². The molecule has 4 aliphatic heterocycles. The lowest BCUT2D eigenvalue weighted by molar-refractivity contribution is -0.134. The molecule has 0 saturated heterocycles.